The minimum atomic E-state index is 0.577. The standard InChI is InChI=1S/C17H19N3S/c1-3-12-18-17(21)20-16-7-5-4-6-15(16)19-14-10-8-13(2)9-11-14/h3-11,19H,1,12H2,2H3,(H2,18,20,21). The summed E-state index contributed by atoms with van der Waals surface area (Å²) in [7, 11) is 0. The van der Waals surface area contributed by atoms with Gasteiger partial charge in [0, 0.05) is 12.2 Å². The molecule has 0 aliphatic rings. The predicted octanol–water partition coefficient (Wildman–Crippen LogP) is 4.21. The van der Waals surface area contributed by atoms with Crippen molar-refractivity contribution in [2.45, 2.75) is 6.92 Å². The average molecular weight is 297 g/mol. The molecule has 2 aromatic carbocycles. The Morgan fingerprint density at radius 1 is 1.10 bits per heavy atom. The van der Waals surface area contributed by atoms with Gasteiger partial charge in [0.1, 0.15) is 0 Å². The third-order valence-corrected chi connectivity index (χ3v) is 3.16. The highest BCUT2D eigenvalue weighted by Crippen LogP contribution is 2.25. The number of hydrogen-bond acceptors (Lipinski definition) is 2. The molecule has 0 aliphatic heterocycles. The lowest BCUT2D eigenvalue weighted by Gasteiger charge is -2.15. The van der Waals surface area contributed by atoms with E-state index >= 15 is 0 Å². The molecule has 0 saturated carbocycles. The van der Waals surface area contributed by atoms with Crippen LogP contribution in [-0.4, -0.2) is 11.7 Å². The molecule has 0 heterocycles. The Morgan fingerprint density at radius 2 is 1.76 bits per heavy atom. The molecule has 0 bridgehead atoms. The smallest absolute Gasteiger partial charge is 0.171 e. The van der Waals surface area contributed by atoms with Crippen LogP contribution in [0.25, 0.3) is 0 Å². The summed E-state index contributed by atoms with van der Waals surface area (Å²) in [6.45, 7) is 6.37. The van der Waals surface area contributed by atoms with Gasteiger partial charge in [0.15, 0.2) is 5.11 Å². The van der Waals surface area contributed by atoms with Crippen molar-refractivity contribution < 1.29 is 0 Å². The summed E-state index contributed by atoms with van der Waals surface area (Å²) in [6.07, 6.45) is 1.77. The van der Waals surface area contributed by atoms with Crippen molar-refractivity contribution in [2.75, 3.05) is 17.2 Å². The summed E-state index contributed by atoms with van der Waals surface area (Å²) < 4.78 is 0. The largest absolute Gasteiger partial charge is 0.359 e. The van der Waals surface area contributed by atoms with Crippen LogP contribution in [0, 0.1) is 6.92 Å². The van der Waals surface area contributed by atoms with Gasteiger partial charge in [0.25, 0.3) is 0 Å². The maximum absolute atomic E-state index is 5.25. The van der Waals surface area contributed by atoms with Crippen molar-refractivity contribution in [3.8, 4) is 0 Å². The molecule has 0 saturated heterocycles. The van der Waals surface area contributed by atoms with Crippen molar-refractivity contribution in [3.63, 3.8) is 0 Å². The number of nitrogens with one attached hydrogen (secondary N) is 3. The molecule has 0 unspecified atom stereocenters. The van der Waals surface area contributed by atoms with Crippen molar-refractivity contribution >= 4 is 34.4 Å². The van der Waals surface area contributed by atoms with Gasteiger partial charge in [-0.3, -0.25) is 0 Å². The summed E-state index contributed by atoms with van der Waals surface area (Å²) >= 11 is 5.25. The van der Waals surface area contributed by atoms with Gasteiger partial charge in [0.05, 0.1) is 11.4 Å². The van der Waals surface area contributed by atoms with E-state index in [-0.39, 0.29) is 0 Å². The Labute approximate surface area is 131 Å². The van der Waals surface area contributed by atoms with Crippen molar-refractivity contribution in [3.05, 3.63) is 66.7 Å². The van der Waals surface area contributed by atoms with Crippen LogP contribution < -0.4 is 16.0 Å². The first kappa shape index (κ1) is 15.1. The number of thiocarbonyl (C=S) groups is 1. The van der Waals surface area contributed by atoms with Crippen LogP contribution in [0.2, 0.25) is 0 Å². The van der Waals surface area contributed by atoms with Gasteiger partial charge < -0.3 is 16.0 Å². The first-order valence-electron chi connectivity index (χ1n) is 6.77. The highest BCUT2D eigenvalue weighted by molar-refractivity contribution is 7.80. The second-order valence-corrected chi connectivity index (χ2v) is 5.07. The fourth-order valence-electron chi connectivity index (χ4n) is 1.82. The average Bonchev–Trinajstić information content (AvgIpc) is 2.49. The number of para-hydroxylation sites is 2. The summed E-state index contributed by atoms with van der Waals surface area (Å²) in [5, 5.41) is 10.2. The van der Waals surface area contributed by atoms with Gasteiger partial charge in [-0.15, -0.1) is 6.58 Å². The van der Waals surface area contributed by atoms with E-state index in [1.54, 1.807) is 6.08 Å². The molecular formula is C17H19N3S. The molecule has 0 atom stereocenters. The quantitative estimate of drug-likeness (QED) is 0.571. The summed E-state index contributed by atoms with van der Waals surface area (Å²) in [5.74, 6) is 0. The van der Waals surface area contributed by atoms with Crippen LogP contribution in [0.5, 0.6) is 0 Å². The zero-order valence-electron chi connectivity index (χ0n) is 12.0. The van der Waals surface area contributed by atoms with Crippen LogP contribution in [0.15, 0.2) is 61.2 Å². The zero-order chi connectivity index (χ0) is 15.1. The highest BCUT2D eigenvalue weighted by atomic mass is 32.1. The van der Waals surface area contributed by atoms with E-state index in [0.717, 1.165) is 17.1 Å². The van der Waals surface area contributed by atoms with Gasteiger partial charge in [-0.05, 0) is 43.4 Å². The minimum absolute atomic E-state index is 0.577. The summed E-state index contributed by atoms with van der Waals surface area (Å²) in [5.41, 5.74) is 4.19. The maximum Gasteiger partial charge on any atom is 0.171 e. The van der Waals surface area contributed by atoms with Gasteiger partial charge in [-0.2, -0.15) is 0 Å². The van der Waals surface area contributed by atoms with Gasteiger partial charge in [-0.1, -0.05) is 35.9 Å². The molecule has 0 aliphatic carbocycles. The Morgan fingerprint density at radius 3 is 2.43 bits per heavy atom. The van der Waals surface area contributed by atoms with E-state index in [1.807, 2.05) is 24.3 Å². The number of hydrogen-bond donors (Lipinski definition) is 3. The molecule has 0 amide bonds. The van der Waals surface area contributed by atoms with Crippen molar-refractivity contribution in [1.29, 1.82) is 0 Å². The monoisotopic (exact) mass is 297 g/mol. The second-order valence-electron chi connectivity index (χ2n) is 4.66. The summed E-state index contributed by atoms with van der Waals surface area (Å²) in [6, 6.07) is 16.2. The highest BCUT2D eigenvalue weighted by Gasteiger charge is 2.03. The molecule has 21 heavy (non-hydrogen) atoms. The lowest BCUT2D eigenvalue weighted by molar-refractivity contribution is 1.06. The maximum atomic E-state index is 5.25. The van der Waals surface area contributed by atoms with Gasteiger partial charge in [-0.25, -0.2) is 0 Å². The number of aryl methyl sites for hydroxylation is 1. The van der Waals surface area contributed by atoms with E-state index in [9.17, 15) is 0 Å². The third kappa shape index (κ3) is 4.61. The molecule has 108 valence electrons. The first-order valence-corrected chi connectivity index (χ1v) is 7.18. The molecule has 2 rings (SSSR count). The molecule has 3 N–H and O–H groups in total. The number of anilines is 3. The van der Waals surface area contributed by atoms with Crippen LogP contribution in [0.4, 0.5) is 17.1 Å². The number of benzene rings is 2. The normalized spacial score (nSPS) is 9.76. The number of rotatable bonds is 5. The van der Waals surface area contributed by atoms with E-state index in [2.05, 4.69) is 53.7 Å². The zero-order valence-corrected chi connectivity index (χ0v) is 12.8. The van der Waals surface area contributed by atoms with E-state index in [1.165, 1.54) is 5.56 Å². The fourth-order valence-corrected chi connectivity index (χ4v) is 2.02. The molecule has 0 radical (unpaired) electrons. The van der Waals surface area contributed by atoms with Crippen LogP contribution in [-0.2, 0) is 0 Å². The molecule has 0 aromatic heterocycles. The Bertz CT molecular complexity index is 620. The fraction of sp³-hybridized carbons (Fsp3) is 0.118. The molecule has 0 spiro atoms. The first-order chi connectivity index (χ1) is 10.2. The minimum Gasteiger partial charge on any atom is -0.359 e. The lowest BCUT2D eigenvalue weighted by Crippen LogP contribution is -2.28. The lowest BCUT2D eigenvalue weighted by atomic mass is 10.2. The van der Waals surface area contributed by atoms with Gasteiger partial charge >= 0.3 is 0 Å². The van der Waals surface area contributed by atoms with Crippen LogP contribution in [0.3, 0.4) is 0 Å². The van der Waals surface area contributed by atoms with Crippen molar-refractivity contribution in [1.82, 2.24) is 5.32 Å². The topological polar surface area (TPSA) is 36.1 Å². The SMILES string of the molecule is C=CCNC(=S)Nc1ccccc1Nc1ccc(C)cc1. The predicted molar refractivity (Wildman–Crippen MR) is 95.3 cm³/mol. The van der Waals surface area contributed by atoms with Crippen molar-refractivity contribution in [2.24, 2.45) is 0 Å². The molecule has 4 heteroatoms. The molecule has 3 nitrogen and oxygen atoms in total. The molecular weight excluding hydrogens is 278 g/mol. The Hall–Kier alpha value is -2.33. The van der Waals surface area contributed by atoms with E-state index < -0.39 is 0 Å². The van der Waals surface area contributed by atoms with E-state index in [4.69, 9.17) is 12.2 Å². The Balaban J connectivity index is 2.11. The Kier molecular flexibility index (Phi) is 5.35. The second kappa shape index (κ2) is 7.45. The summed E-state index contributed by atoms with van der Waals surface area (Å²) in [4.78, 5) is 0. The van der Waals surface area contributed by atoms with Gasteiger partial charge in [0.2, 0.25) is 0 Å². The van der Waals surface area contributed by atoms with Crippen LogP contribution >= 0.6 is 12.2 Å². The third-order valence-electron chi connectivity index (χ3n) is 2.91. The molecule has 0 fully saturated rings. The van der Waals surface area contributed by atoms with E-state index in [0.29, 0.717) is 11.7 Å². The van der Waals surface area contributed by atoms with Crippen LogP contribution in [0.1, 0.15) is 5.56 Å². The molecule has 2 aromatic rings.